The maximum Gasteiger partial charge on any atom is 0.305 e. The third-order valence-electron chi connectivity index (χ3n) is 3.41. The molecule has 7 nitrogen and oxygen atoms in total. The van der Waals surface area contributed by atoms with Gasteiger partial charge in [0.05, 0.1) is 19.6 Å². The van der Waals surface area contributed by atoms with E-state index in [0.29, 0.717) is 17.5 Å². The Morgan fingerprint density at radius 2 is 2.45 bits per heavy atom. The molecule has 0 spiro atoms. The minimum absolute atomic E-state index is 0.0381. The molecular weight excluding hydrogens is 280 g/mol. The smallest absolute Gasteiger partial charge is 0.305 e. The largest absolute Gasteiger partial charge is 0.495 e. The van der Waals surface area contributed by atoms with E-state index in [9.17, 15) is 4.79 Å². The second-order valence-electron chi connectivity index (χ2n) is 4.77. The molecule has 0 bridgehead atoms. The Balaban J connectivity index is 1.98. The van der Waals surface area contributed by atoms with Crippen molar-refractivity contribution in [3.63, 3.8) is 0 Å². The SMILES string of the molecule is COc1ccsc1-c1nnnn1C(CC(=O)O)C1CC1. The van der Waals surface area contributed by atoms with Crippen molar-refractivity contribution in [2.75, 3.05) is 7.11 Å². The zero-order valence-corrected chi connectivity index (χ0v) is 11.7. The first-order valence-electron chi connectivity index (χ1n) is 6.32. The van der Waals surface area contributed by atoms with Crippen LogP contribution in [0.1, 0.15) is 25.3 Å². The van der Waals surface area contributed by atoms with Crippen molar-refractivity contribution < 1.29 is 14.6 Å². The molecule has 0 saturated heterocycles. The molecule has 0 amide bonds. The summed E-state index contributed by atoms with van der Waals surface area (Å²) in [5.41, 5.74) is 0. The van der Waals surface area contributed by atoms with E-state index in [1.165, 1.54) is 11.3 Å². The Bertz CT molecular complexity index is 620. The summed E-state index contributed by atoms with van der Waals surface area (Å²) in [6.45, 7) is 0. The average molecular weight is 294 g/mol. The molecule has 106 valence electrons. The highest BCUT2D eigenvalue weighted by molar-refractivity contribution is 7.13. The van der Waals surface area contributed by atoms with E-state index in [1.807, 2.05) is 11.4 Å². The van der Waals surface area contributed by atoms with Crippen molar-refractivity contribution in [1.29, 1.82) is 0 Å². The highest BCUT2D eigenvalue weighted by Crippen LogP contribution is 2.43. The fraction of sp³-hybridized carbons (Fsp3) is 0.500. The van der Waals surface area contributed by atoms with Crippen LogP contribution in [-0.2, 0) is 4.79 Å². The molecule has 2 aromatic rings. The summed E-state index contributed by atoms with van der Waals surface area (Å²) in [5.74, 6) is 0.798. The molecule has 1 unspecified atom stereocenters. The van der Waals surface area contributed by atoms with Gasteiger partial charge in [0.15, 0.2) is 5.82 Å². The first-order valence-corrected chi connectivity index (χ1v) is 7.20. The van der Waals surface area contributed by atoms with Crippen molar-refractivity contribution in [2.24, 2.45) is 5.92 Å². The topological polar surface area (TPSA) is 90.1 Å². The lowest BCUT2D eigenvalue weighted by atomic mass is 10.1. The quantitative estimate of drug-likeness (QED) is 0.874. The number of hydrogen-bond donors (Lipinski definition) is 1. The number of hydrogen-bond acceptors (Lipinski definition) is 6. The summed E-state index contributed by atoms with van der Waals surface area (Å²) in [5, 5.41) is 22.7. The van der Waals surface area contributed by atoms with Crippen molar-refractivity contribution >= 4 is 17.3 Å². The predicted molar refractivity (Wildman–Crippen MR) is 71.7 cm³/mol. The highest BCUT2D eigenvalue weighted by atomic mass is 32.1. The van der Waals surface area contributed by atoms with E-state index < -0.39 is 5.97 Å². The number of thiophene rings is 1. The summed E-state index contributed by atoms with van der Waals surface area (Å²) < 4.78 is 6.93. The molecule has 0 radical (unpaired) electrons. The van der Waals surface area contributed by atoms with Gasteiger partial charge in [-0.1, -0.05) is 0 Å². The van der Waals surface area contributed by atoms with Gasteiger partial charge in [0.1, 0.15) is 10.6 Å². The Hall–Kier alpha value is -1.96. The molecule has 20 heavy (non-hydrogen) atoms. The van der Waals surface area contributed by atoms with Crippen LogP contribution in [0, 0.1) is 5.92 Å². The van der Waals surface area contributed by atoms with Crippen molar-refractivity contribution in [3.05, 3.63) is 11.4 Å². The normalized spacial score (nSPS) is 16.1. The molecule has 1 fully saturated rings. The number of nitrogens with zero attached hydrogens (tertiary/aromatic N) is 4. The number of carboxylic acids is 1. The van der Waals surface area contributed by atoms with E-state index in [2.05, 4.69) is 15.5 Å². The molecule has 1 saturated carbocycles. The first kappa shape index (κ1) is 13.0. The molecule has 1 atom stereocenters. The molecule has 0 aliphatic heterocycles. The lowest BCUT2D eigenvalue weighted by Gasteiger charge is -2.15. The van der Waals surface area contributed by atoms with Gasteiger partial charge in [-0.2, -0.15) is 0 Å². The maximum absolute atomic E-state index is 11.1. The van der Waals surface area contributed by atoms with Crippen LogP contribution in [0.4, 0.5) is 0 Å². The van der Waals surface area contributed by atoms with Gasteiger partial charge >= 0.3 is 5.97 Å². The fourth-order valence-corrected chi connectivity index (χ4v) is 3.14. The zero-order chi connectivity index (χ0) is 14.1. The zero-order valence-electron chi connectivity index (χ0n) is 10.9. The van der Waals surface area contributed by atoms with Crippen LogP contribution in [0.15, 0.2) is 11.4 Å². The van der Waals surface area contributed by atoms with Crippen LogP contribution in [0.3, 0.4) is 0 Å². The van der Waals surface area contributed by atoms with E-state index in [-0.39, 0.29) is 12.5 Å². The average Bonchev–Trinajstić information content (AvgIpc) is 2.98. The summed E-state index contributed by atoms with van der Waals surface area (Å²) in [7, 11) is 1.59. The van der Waals surface area contributed by atoms with Crippen LogP contribution in [0.2, 0.25) is 0 Å². The van der Waals surface area contributed by atoms with Crippen molar-refractivity contribution in [2.45, 2.75) is 25.3 Å². The molecule has 1 aliphatic carbocycles. The predicted octanol–water partition coefficient (Wildman–Crippen LogP) is 1.84. The lowest BCUT2D eigenvalue weighted by Crippen LogP contribution is -2.18. The minimum Gasteiger partial charge on any atom is -0.495 e. The van der Waals surface area contributed by atoms with Gasteiger partial charge in [-0.25, -0.2) is 4.68 Å². The summed E-state index contributed by atoms with van der Waals surface area (Å²) in [4.78, 5) is 11.9. The number of rotatable bonds is 6. The van der Waals surface area contributed by atoms with Gasteiger partial charge in [-0.15, -0.1) is 16.4 Å². The van der Waals surface area contributed by atoms with E-state index in [0.717, 1.165) is 17.7 Å². The standard InChI is InChI=1S/C12H14N4O3S/c1-19-9-4-5-20-11(9)12-13-14-15-16(12)8(6-10(17)18)7-2-3-7/h4-5,7-8H,2-3,6H2,1H3,(H,17,18). The Labute approximate surface area is 119 Å². The van der Waals surface area contributed by atoms with Crippen molar-refractivity contribution in [3.8, 4) is 16.5 Å². The Morgan fingerprint density at radius 1 is 1.65 bits per heavy atom. The molecule has 1 N–H and O–H groups in total. The van der Waals surface area contributed by atoms with Gasteiger partial charge in [-0.05, 0) is 40.6 Å². The van der Waals surface area contributed by atoms with Crippen LogP contribution >= 0.6 is 11.3 Å². The first-order chi connectivity index (χ1) is 9.70. The summed E-state index contributed by atoms with van der Waals surface area (Å²) >= 11 is 1.48. The van der Waals surface area contributed by atoms with E-state index in [1.54, 1.807) is 11.8 Å². The van der Waals surface area contributed by atoms with Crippen LogP contribution in [0.25, 0.3) is 10.7 Å². The summed E-state index contributed by atoms with van der Waals surface area (Å²) in [6.07, 6.45) is 2.09. The van der Waals surface area contributed by atoms with E-state index >= 15 is 0 Å². The third kappa shape index (κ3) is 2.38. The summed E-state index contributed by atoms with van der Waals surface area (Å²) in [6, 6.07) is 1.66. The molecule has 8 heteroatoms. The number of aromatic nitrogens is 4. The van der Waals surface area contributed by atoms with Gasteiger partial charge in [-0.3, -0.25) is 4.79 Å². The fourth-order valence-electron chi connectivity index (χ4n) is 2.30. The molecular formula is C12H14N4O3S. The minimum atomic E-state index is -0.832. The Kier molecular flexibility index (Phi) is 3.39. The number of ether oxygens (including phenoxy) is 1. The number of tetrazole rings is 1. The molecule has 0 aromatic carbocycles. The van der Waals surface area contributed by atoms with E-state index in [4.69, 9.17) is 9.84 Å². The number of methoxy groups -OCH3 is 1. The third-order valence-corrected chi connectivity index (χ3v) is 4.30. The van der Waals surface area contributed by atoms with Gasteiger partial charge in [0, 0.05) is 0 Å². The highest BCUT2D eigenvalue weighted by Gasteiger charge is 2.36. The molecule has 1 aliphatic rings. The number of carboxylic acid groups (broad SMARTS) is 1. The van der Waals surface area contributed by atoms with Gasteiger partial charge < -0.3 is 9.84 Å². The van der Waals surface area contributed by atoms with Gasteiger partial charge in [0.2, 0.25) is 0 Å². The molecule has 2 aromatic heterocycles. The lowest BCUT2D eigenvalue weighted by molar-refractivity contribution is -0.138. The molecule has 2 heterocycles. The monoisotopic (exact) mass is 294 g/mol. The van der Waals surface area contributed by atoms with Crippen LogP contribution < -0.4 is 4.74 Å². The number of carbonyl (C=O) groups is 1. The molecule has 3 rings (SSSR count). The van der Waals surface area contributed by atoms with Gasteiger partial charge in [0.25, 0.3) is 0 Å². The van der Waals surface area contributed by atoms with Crippen LogP contribution in [0.5, 0.6) is 5.75 Å². The maximum atomic E-state index is 11.1. The number of aliphatic carboxylic acids is 1. The van der Waals surface area contributed by atoms with Crippen LogP contribution in [-0.4, -0.2) is 38.4 Å². The Morgan fingerprint density at radius 3 is 3.10 bits per heavy atom. The second-order valence-corrected chi connectivity index (χ2v) is 5.68. The second kappa shape index (κ2) is 5.20. The van der Waals surface area contributed by atoms with Crippen molar-refractivity contribution in [1.82, 2.24) is 20.2 Å².